The van der Waals surface area contributed by atoms with Crippen molar-refractivity contribution in [3.63, 3.8) is 0 Å². The van der Waals surface area contributed by atoms with Gasteiger partial charge in [-0.05, 0) is 29.8 Å². The van der Waals surface area contributed by atoms with E-state index < -0.39 is 6.10 Å². The highest BCUT2D eigenvalue weighted by Crippen LogP contribution is 2.18. The van der Waals surface area contributed by atoms with E-state index in [2.05, 4.69) is 27.7 Å². The molecule has 4 heteroatoms. The number of aliphatic hydroxyl groups is 1. The molecule has 120 valence electrons. The average Bonchev–Trinajstić information content (AvgIpc) is 3.21. The van der Waals surface area contributed by atoms with E-state index in [9.17, 15) is 5.11 Å². The van der Waals surface area contributed by atoms with Crippen LogP contribution in [0.15, 0.2) is 71.5 Å². The van der Waals surface area contributed by atoms with Crippen LogP contribution in [0.1, 0.15) is 23.1 Å². The molecule has 0 bridgehead atoms. The fourth-order valence-electron chi connectivity index (χ4n) is 2.73. The molecule has 1 atom stereocenters. The van der Waals surface area contributed by atoms with Crippen molar-refractivity contribution < 1.29 is 9.52 Å². The van der Waals surface area contributed by atoms with Crippen molar-refractivity contribution >= 4 is 0 Å². The fraction of sp³-hybridized carbons (Fsp3) is 0.263. The van der Waals surface area contributed by atoms with E-state index in [-0.39, 0.29) is 0 Å². The zero-order valence-corrected chi connectivity index (χ0v) is 13.3. The van der Waals surface area contributed by atoms with Gasteiger partial charge < -0.3 is 14.1 Å². The molecular formula is C19H22N2O2. The van der Waals surface area contributed by atoms with Gasteiger partial charge in [0.1, 0.15) is 11.9 Å². The standard InChI is InChI=1S/C19H22N2O2/c1-20-11-5-9-17(20)14-21(13-16-7-3-2-4-8-16)15-18(22)19-10-6-12-23-19/h2-12,18,22H,13-15H2,1H3. The van der Waals surface area contributed by atoms with Crippen LogP contribution in [0.4, 0.5) is 0 Å². The van der Waals surface area contributed by atoms with Crippen LogP contribution in [-0.2, 0) is 20.1 Å². The van der Waals surface area contributed by atoms with Gasteiger partial charge in [-0.25, -0.2) is 0 Å². The van der Waals surface area contributed by atoms with Crippen LogP contribution < -0.4 is 0 Å². The molecule has 0 spiro atoms. The molecule has 2 heterocycles. The Kier molecular flexibility index (Phi) is 4.95. The highest BCUT2D eigenvalue weighted by atomic mass is 16.4. The SMILES string of the molecule is Cn1cccc1CN(Cc1ccccc1)CC(O)c1ccco1. The highest BCUT2D eigenvalue weighted by molar-refractivity contribution is 5.15. The van der Waals surface area contributed by atoms with Crippen molar-refractivity contribution in [3.05, 3.63) is 84.1 Å². The Morgan fingerprint density at radius 3 is 2.52 bits per heavy atom. The Balaban J connectivity index is 1.74. The number of aliphatic hydroxyl groups excluding tert-OH is 1. The average molecular weight is 310 g/mol. The molecule has 2 aromatic heterocycles. The molecule has 0 saturated carbocycles. The number of nitrogens with zero attached hydrogens (tertiary/aromatic N) is 2. The summed E-state index contributed by atoms with van der Waals surface area (Å²) >= 11 is 0. The van der Waals surface area contributed by atoms with Gasteiger partial charge in [-0.2, -0.15) is 0 Å². The third-order valence-electron chi connectivity index (χ3n) is 3.99. The summed E-state index contributed by atoms with van der Waals surface area (Å²) < 4.78 is 7.43. The van der Waals surface area contributed by atoms with Crippen molar-refractivity contribution in [3.8, 4) is 0 Å². The zero-order chi connectivity index (χ0) is 16.1. The molecule has 1 aromatic carbocycles. The van der Waals surface area contributed by atoms with Crippen LogP contribution in [0.25, 0.3) is 0 Å². The van der Waals surface area contributed by atoms with Gasteiger partial charge in [0.15, 0.2) is 0 Å². The first kappa shape index (κ1) is 15.6. The maximum absolute atomic E-state index is 10.4. The Labute approximate surface area is 136 Å². The first-order chi connectivity index (χ1) is 11.2. The fourth-order valence-corrected chi connectivity index (χ4v) is 2.73. The summed E-state index contributed by atoms with van der Waals surface area (Å²) in [6, 6.07) is 18.1. The van der Waals surface area contributed by atoms with Crippen molar-refractivity contribution in [2.75, 3.05) is 6.54 Å². The van der Waals surface area contributed by atoms with Gasteiger partial charge in [-0.15, -0.1) is 0 Å². The van der Waals surface area contributed by atoms with E-state index in [4.69, 9.17) is 4.42 Å². The summed E-state index contributed by atoms with van der Waals surface area (Å²) in [6.07, 6.45) is 3.00. The van der Waals surface area contributed by atoms with Gasteiger partial charge in [-0.3, -0.25) is 4.90 Å². The zero-order valence-electron chi connectivity index (χ0n) is 13.3. The molecule has 0 aliphatic rings. The molecule has 0 aliphatic carbocycles. The predicted octanol–water partition coefficient (Wildman–Crippen LogP) is 3.35. The van der Waals surface area contributed by atoms with Gasteiger partial charge in [0.2, 0.25) is 0 Å². The van der Waals surface area contributed by atoms with E-state index in [0.29, 0.717) is 12.3 Å². The summed E-state index contributed by atoms with van der Waals surface area (Å²) in [5, 5.41) is 10.4. The van der Waals surface area contributed by atoms with Gasteiger partial charge in [0.25, 0.3) is 0 Å². The smallest absolute Gasteiger partial charge is 0.133 e. The molecule has 1 unspecified atom stereocenters. The number of rotatable bonds is 7. The summed E-state index contributed by atoms with van der Waals surface area (Å²) in [5.41, 5.74) is 2.45. The van der Waals surface area contributed by atoms with Gasteiger partial charge in [0, 0.05) is 38.6 Å². The number of hydrogen-bond donors (Lipinski definition) is 1. The summed E-state index contributed by atoms with van der Waals surface area (Å²) in [6.45, 7) is 2.08. The lowest BCUT2D eigenvalue weighted by Crippen LogP contribution is -2.28. The summed E-state index contributed by atoms with van der Waals surface area (Å²) in [4.78, 5) is 2.23. The Morgan fingerprint density at radius 2 is 1.87 bits per heavy atom. The molecule has 0 aliphatic heterocycles. The van der Waals surface area contributed by atoms with Gasteiger partial charge in [-0.1, -0.05) is 30.3 Å². The second-order valence-electron chi connectivity index (χ2n) is 5.80. The molecule has 0 saturated heterocycles. The Hall–Kier alpha value is -2.30. The third kappa shape index (κ3) is 4.12. The van der Waals surface area contributed by atoms with Crippen LogP contribution in [0.2, 0.25) is 0 Å². The predicted molar refractivity (Wildman–Crippen MR) is 89.6 cm³/mol. The van der Waals surface area contributed by atoms with Crippen LogP contribution in [0.5, 0.6) is 0 Å². The van der Waals surface area contributed by atoms with Crippen LogP contribution in [-0.4, -0.2) is 21.1 Å². The topological polar surface area (TPSA) is 41.5 Å². The molecule has 1 N–H and O–H groups in total. The minimum absolute atomic E-state index is 0.521. The van der Waals surface area contributed by atoms with Gasteiger partial charge in [0.05, 0.1) is 6.26 Å². The van der Waals surface area contributed by atoms with E-state index in [1.165, 1.54) is 11.3 Å². The number of benzene rings is 1. The molecule has 0 fully saturated rings. The van der Waals surface area contributed by atoms with Crippen LogP contribution >= 0.6 is 0 Å². The third-order valence-corrected chi connectivity index (χ3v) is 3.99. The van der Waals surface area contributed by atoms with Crippen molar-refractivity contribution in [2.24, 2.45) is 7.05 Å². The lowest BCUT2D eigenvalue weighted by molar-refractivity contribution is 0.0862. The Morgan fingerprint density at radius 1 is 1.04 bits per heavy atom. The molecule has 3 rings (SSSR count). The second kappa shape index (κ2) is 7.31. The van der Waals surface area contributed by atoms with Crippen molar-refractivity contribution in [2.45, 2.75) is 19.2 Å². The number of aromatic nitrogens is 1. The van der Waals surface area contributed by atoms with E-state index in [1.807, 2.05) is 43.6 Å². The van der Waals surface area contributed by atoms with E-state index in [1.54, 1.807) is 12.3 Å². The van der Waals surface area contributed by atoms with Crippen LogP contribution in [0.3, 0.4) is 0 Å². The minimum Gasteiger partial charge on any atom is -0.467 e. The normalized spacial score (nSPS) is 12.7. The van der Waals surface area contributed by atoms with Crippen molar-refractivity contribution in [1.29, 1.82) is 0 Å². The molecule has 4 nitrogen and oxygen atoms in total. The highest BCUT2D eigenvalue weighted by Gasteiger charge is 2.17. The monoisotopic (exact) mass is 310 g/mol. The molecule has 3 aromatic rings. The summed E-state index contributed by atoms with van der Waals surface area (Å²) in [5.74, 6) is 0.606. The number of aryl methyl sites for hydroxylation is 1. The lowest BCUT2D eigenvalue weighted by atomic mass is 10.2. The molecule has 0 radical (unpaired) electrons. The Bertz CT molecular complexity index is 704. The van der Waals surface area contributed by atoms with E-state index >= 15 is 0 Å². The van der Waals surface area contributed by atoms with E-state index in [0.717, 1.165) is 13.1 Å². The number of hydrogen-bond acceptors (Lipinski definition) is 3. The molecule has 23 heavy (non-hydrogen) atoms. The largest absolute Gasteiger partial charge is 0.467 e. The molecule has 0 amide bonds. The maximum atomic E-state index is 10.4. The first-order valence-corrected chi connectivity index (χ1v) is 7.80. The van der Waals surface area contributed by atoms with Crippen LogP contribution in [0, 0.1) is 0 Å². The number of furan rings is 1. The molecular weight excluding hydrogens is 288 g/mol. The lowest BCUT2D eigenvalue weighted by Gasteiger charge is -2.25. The van der Waals surface area contributed by atoms with Crippen molar-refractivity contribution in [1.82, 2.24) is 9.47 Å². The summed E-state index contributed by atoms with van der Waals surface area (Å²) in [7, 11) is 2.04. The second-order valence-corrected chi connectivity index (χ2v) is 5.80. The van der Waals surface area contributed by atoms with Gasteiger partial charge >= 0.3 is 0 Å². The minimum atomic E-state index is -0.631. The maximum Gasteiger partial charge on any atom is 0.133 e. The quantitative estimate of drug-likeness (QED) is 0.727. The first-order valence-electron chi connectivity index (χ1n) is 7.80.